The number of aromatic nitrogens is 3. The predicted molar refractivity (Wildman–Crippen MR) is 63.1 cm³/mol. The van der Waals surface area contributed by atoms with Crippen molar-refractivity contribution < 1.29 is 4.79 Å². The molecule has 0 aromatic carbocycles. The van der Waals surface area contributed by atoms with Gasteiger partial charge in [0.1, 0.15) is 17.9 Å². The van der Waals surface area contributed by atoms with E-state index in [1.54, 1.807) is 4.68 Å². The van der Waals surface area contributed by atoms with Crippen LogP contribution in [0.4, 0.5) is 0 Å². The Morgan fingerprint density at radius 3 is 2.69 bits per heavy atom. The van der Waals surface area contributed by atoms with Crippen molar-refractivity contribution in [1.29, 1.82) is 0 Å². The number of ketones is 1. The van der Waals surface area contributed by atoms with Crippen molar-refractivity contribution in [3.8, 4) is 0 Å². The number of hydrogen-bond donors (Lipinski definition) is 0. The molecule has 0 bridgehead atoms. The van der Waals surface area contributed by atoms with Crippen molar-refractivity contribution in [2.45, 2.75) is 51.9 Å². The van der Waals surface area contributed by atoms with Crippen molar-refractivity contribution >= 4 is 5.78 Å². The Morgan fingerprint density at radius 2 is 2.06 bits per heavy atom. The van der Waals surface area contributed by atoms with Crippen molar-refractivity contribution in [2.75, 3.05) is 0 Å². The Kier molecular flexibility index (Phi) is 5.75. The van der Waals surface area contributed by atoms with Gasteiger partial charge in [0.05, 0.1) is 6.42 Å². The number of nitrogens with zero attached hydrogens (tertiary/aromatic N) is 3. The molecule has 0 aliphatic carbocycles. The fourth-order valence-corrected chi connectivity index (χ4v) is 1.67. The first-order valence-electron chi connectivity index (χ1n) is 6.08. The third-order valence-electron chi connectivity index (χ3n) is 2.72. The van der Waals surface area contributed by atoms with Crippen LogP contribution in [-0.4, -0.2) is 20.5 Å². The minimum atomic E-state index is 0.271. The number of Topliss-reactive ketones (excluding diaryl/α,β-unsaturated/α-hetero) is 1. The Morgan fingerprint density at radius 1 is 1.31 bits per heavy atom. The number of carbonyl (C=O) groups is 1. The second-order valence-electron chi connectivity index (χ2n) is 4.18. The van der Waals surface area contributed by atoms with Crippen LogP contribution in [0.3, 0.4) is 0 Å². The minimum Gasteiger partial charge on any atom is -0.299 e. The van der Waals surface area contributed by atoms with Gasteiger partial charge in [-0.1, -0.05) is 32.6 Å². The topological polar surface area (TPSA) is 47.8 Å². The third kappa shape index (κ3) is 4.55. The maximum Gasteiger partial charge on any atom is 0.140 e. The van der Waals surface area contributed by atoms with Gasteiger partial charge in [0.2, 0.25) is 0 Å². The number of hydrogen-bond acceptors (Lipinski definition) is 3. The second kappa shape index (κ2) is 7.14. The summed E-state index contributed by atoms with van der Waals surface area (Å²) < 4.78 is 1.66. The maximum absolute atomic E-state index is 11.6. The molecule has 1 rings (SSSR count). The Hall–Kier alpha value is -1.19. The fraction of sp³-hybridized carbons (Fsp3) is 0.750. The highest BCUT2D eigenvalue weighted by Crippen LogP contribution is 2.06. The first-order chi connectivity index (χ1) is 7.74. The number of rotatable bonds is 8. The maximum atomic E-state index is 11.6. The van der Waals surface area contributed by atoms with Gasteiger partial charge in [0, 0.05) is 13.5 Å². The molecule has 4 heteroatoms. The average Bonchev–Trinajstić information content (AvgIpc) is 2.64. The molecule has 0 atom stereocenters. The monoisotopic (exact) mass is 223 g/mol. The van der Waals surface area contributed by atoms with Gasteiger partial charge in [-0.25, -0.2) is 4.98 Å². The van der Waals surface area contributed by atoms with E-state index in [1.165, 1.54) is 32.0 Å². The third-order valence-corrected chi connectivity index (χ3v) is 2.72. The van der Waals surface area contributed by atoms with E-state index in [2.05, 4.69) is 17.0 Å². The summed E-state index contributed by atoms with van der Waals surface area (Å²) in [6.45, 7) is 2.19. The lowest BCUT2D eigenvalue weighted by Crippen LogP contribution is -2.08. The summed E-state index contributed by atoms with van der Waals surface area (Å²) in [7, 11) is 1.82. The molecular weight excluding hydrogens is 202 g/mol. The van der Waals surface area contributed by atoms with Gasteiger partial charge in [-0.05, 0) is 6.42 Å². The zero-order valence-corrected chi connectivity index (χ0v) is 10.3. The molecule has 0 fully saturated rings. The molecule has 1 aromatic rings. The molecule has 0 amide bonds. The SMILES string of the molecule is CCCCCCCC(=O)Cc1ncnn1C. The van der Waals surface area contributed by atoms with Crippen LogP contribution in [0, 0.1) is 0 Å². The highest BCUT2D eigenvalue weighted by molar-refractivity contribution is 5.80. The van der Waals surface area contributed by atoms with Crippen LogP contribution in [-0.2, 0) is 18.3 Å². The molecule has 0 aliphatic heterocycles. The molecule has 0 saturated heterocycles. The van der Waals surface area contributed by atoms with Crippen LogP contribution in [0.1, 0.15) is 51.3 Å². The number of carbonyl (C=O) groups excluding carboxylic acids is 1. The Balaban J connectivity index is 2.14. The van der Waals surface area contributed by atoms with Crippen molar-refractivity contribution in [3.63, 3.8) is 0 Å². The molecule has 0 saturated carbocycles. The van der Waals surface area contributed by atoms with Crippen LogP contribution in [0.25, 0.3) is 0 Å². The van der Waals surface area contributed by atoms with Crippen LogP contribution in [0.2, 0.25) is 0 Å². The lowest BCUT2D eigenvalue weighted by molar-refractivity contribution is -0.118. The molecule has 1 aromatic heterocycles. The molecule has 0 N–H and O–H groups in total. The van der Waals surface area contributed by atoms with Gasteiger partial charge in [-0.2, -0.15) is 5.10 Å². The standard InChI is InChI=1S/C12H21N3O/c1-3-4-5-6-7-8-11(16)9-12-13-10-14-15(12)2/h10H,3-9H2,1-2H3. The summed E-state index contributed by atoms with van der Waals surface area (Å²) in [5, 5.41) is 3.94. The fourth-order valence-electron chi connectivity index (χ4n) is 1.67. The van der Waals surface area contributed by atoms with Crippen molar-refractivity contribution in [1.82, 2.24) is 14.8 Å². The molecule has 4 nitrogen and oxygen atoms in total. The molecule has 1 heterocycles. The Labute approximate surface area is 97.1 Å². The highest BCUT2D eigenvalue weighted by Gasteiger charge is 2.07. The van der Waals surface area contributed by atoms with Gasteiger partial charge in [0.15, 0.2) is 0 Å². The minimum absolute atomic E-state index is 0.271. The molecular formula is C12H21N3O. The smallest absolute Gasteiger partial charge is 0.140 e. The van der Waals surface area contributed by atoms with Crippen molar-refractivity contribution in [2.24, 2.45) is 7.05 Å². The van der Waals surface area contributed by atoms with E-state index in [-0.39, 0.29) is 5.78 Å². The van der Waals surface area contributed by atoms with Crippen LogP contribution in [0.5, 0.6) is 0 Å². The zero-order chi connectivity index (χ0) is 11.8. The normalized spacial score (nSPS) is 10.6. The Bertz CT molecular complexity index is 320. The average molecular weight is 223 g/mol. The number of unbranched alkanes of at least 4 members (excludes halogenated alkanes) is 4. The summed E-state index contributed by atoms with van der Waals surface area (Å²) in [5.74, 6) is 1.03. The lowest BCUT2D eigenvalue weighted by Gasteiger charge is -2.01. The molecule has 0 radical (unpaired) electrons. The molecule has 90 valence electrons. The first-order valence-corrected chi connectivity index (χ1v) is 6.08. The number of aryl methyl sites for hydroxylation is 1. The van der Waals surface area contributed by atoms with Crippen LogP contribution in [0.15, 0.2) is 6.33 Å². The largest absolute Gasteiger partial charge is 0.299 e. The van der Waals surface area contributed by atoms with Gasteiger partial charge >= 0.3 is 0 Å². The molecule has 0 aliphatic rings. The van der Waals surface area contributed by atoms with E-state index in [4.69, 9.17) is 0 Å². The molecule has 0 unspecified atom stereocenters. The predicted octanol–water partition coefficient (Wildman–Crippen LogP) is 2.29. The van der Waals surface area contributed by atoms with E-state index in [1.807, 2.05) is 7.05 Å². The second-order valence-corrected chi connectivity index (χ2v) is 4.18. The summed E-state index contributed by atoms with van der Waals surface area (Å²) in [6.07, 6.45) is 8.53. The van der Waals surface area contributed by atoms with Crippen LogP contribution < -0.4 is 0 Å². The summed E-state index contributed by atoms with van der Waals surface area (Å²) >= 11 is 0. The van der Waals surface area contributed by atoms with Gasteiger partial charge in [0.25, 0.3) is 0 Å². The molecule has 0 spiro atoms. The summed E-state index contributed by atoms with van der Waals surface area (Å²) in [5.41, 5.74) is 0. The van der Waals surface area contributed by atoms with Gasteiger partial charge in [-0.15, -0.1) is 0 Å². The van der Waals surface area contributed by atoms with E-state index >= 15 is 0 Å². The van der Waals surface area contributed by atoms with E-state index in [0.717, 1.165) is 12.2 Å². The van der Waals surface area contributed by atoms with Crippen LogP contribution >= 0.6 is 0 Å². The lowest BCUT2D eigenvalue weighted by atomic mass is 10.1. The summed E-state index contributed by atoms with van der Waals surface area (Å²) in [4.78, 5) is 15.7. The van der Waals surface area contributed by atoms with E-state index in [0.29, 0.717) is 12.8 Å². The quantitative estimate of drug-likeness (QED) is 0.635. The summed E-state index contributed by atoms with van der Waals surface area (Å²) in [6, 6.07) is 0. The van der Waals surface area contributed by atoms with Gasteiger partial charge in [-0.3, -0.25) is 9.48 Å². The van der Waals surface area contributed by atoms with E-state index in [9.17, 15) is 4.79 Å². The molecule has 16 heavy (non-hydrogen) atoms. The zero-order valence-electron chi connectivity index (χ0n) is 10.3. The van der Waals surface area contributed by atoms with Gasteiger partial charge < -0.3 is 0 Å². The highest BCUT2D eigenvalue weighted by atomic mass is 16.1. The van der Waals surface area contributed by atoms with E-state index < -0.39 is 0 Å². The van der Waals surface area contributed by atoms with Crippen molar-refractivity contribution in [3.05, 3.63) is 12.2 Å². The first kappa shape index (κ1) is 12.9.